The van der Waals surface area contributed by atoms with Crippen LogP contribution in [0.15, 0.2) is 29.6 Å². The lowest BCUT2D eigenvalue weighted by molar-refractivity contribution is -0.384. The van der Waals surface area contributed by atoms with Crippen LogP contribution >= 0.6 is 23.1 Å². The number of anilines is 1. The van der Waals surface area contributed by atoms with E-state index >= 15 is 0 Å². The number of carbonyl (C=O) groups excluding carboxylic acids is 4. The molecule has 4 heterocycles. The first kappa shape index (κ1) is 24.0. The molecule has 0 aliphatic carbocycles. The Hall–Kier alpha value is -3.72. The van der Waals surface area contributed by atoms with Crippen LogP contribution in [0.1, 0.15) is 17.7 Å². The number of fused-ring (bicyclic) bond motifs is 3. The number of hydrogen-bond donors (Lipinski definition) is 2. The van der Waals surface area contributed by atoms with Gasteiger partial charge in [0, 0.05) is 29.2 Å². The van der Waals surface area contributed by atoms with E-state index in [-0.39, 0.29) is 25.1 Å². The summed E-state index contributed by atoms with van der Waals surface area (Å²) >= 11 is 2.54. The van der Waals surface area contributed by atoms with E-state index in [1.165, 1.54) is 52.3 Å². The number of thioether (sulfide) groups is 1. The van der Waals surface area contributed by atoms with Crippen molar-refractivity contribution in [2.75, 3.05) is 11.5 Å². The highest BCUT2D eigenvalue weighted by molar-refractivity contribution is 8.00. The van der Waals surface area contributed by atoms with Gasteiger partial charge in [-0.2, -0.15) is 0 Å². The Morgan fingerprint density at radius 2 is 2.08 bits per heavy atom. The van der Waals surface area contributed by atoms with Gasteiger partial charge in [-0.3, -0.25) is 29.4 Å². The van der Waals surface area contributed by atoms with Crippen LogP contribution in [0.25, 0.3) is 0 Å². The van der Waals surface area contributed by atoms with Gasteiger partial charge in [-0.15, -0.1) is 23.1 Å². The largest absolute Gasteiger partial charge is 0.456 e. The topological polar surface area (TPSA) is 184 Å². The molecule has 0 radical (unpaired) electrons. The van der Waals surface area contributed by atoms with Crippen LogP contribution < -0.4 is 11.1 Å². The van der Waals surface area contributed by atoms with Gasteiger partial charge in [0.15, 0.2) is 5.13 Å². The summed E-state index contributed by atoms with van der Waals surface area (Å²) in [6.45, 7) is -0.236. The van der Waals surface area contributed by atoms with Crippen LogP contribution in [0.5, 0.6) is 0 Å². The first-order chi connectivity index (χ1) is 17.2. The molecule has 36 heavy (non-hydrogen) atoms. The molecule has 1 aromatic carbocycles. The molecule has 188 valence electrons. The Balaban J connectivity index is 1.29. The predicted molar refractivity (Wildman–Crippen MR) is 125 cm³/mol. The molecule has 0 bridgehead atoms. The third-order valence-electron chi connectivity index (χ3n) is 6.14. The van der Waals surface area contributed by atoms with Gasteiger partial charge in [0.05, 0.1) is 23.5 Å². The standard InChI is InChI=1S/C21H19N5O8S2/c22-20-23-12(9-36-20)6-14(27)24-16-17(29)25-18(16)35-8-11-5-15(28)34-21(11,25)19(30)33-7-10-1-3-13(4-2-10)26(31)32/h1-4,9,11,16,18H,5-8H2,(H2,22,23)(H,24,27)/t11-,16+,18+,21+/m0/s1. The fourth-order valence-electron chi connectivity index (χ4n) is 4.46. The lowest BCUT2D eigenvalue weighted by Crippen LogP contribution is -2.80. The normalized spacial score (nSPS) is 26.3. The molecule has 0 spiro atoms. The number of nitro benzene ring substituents is 1. The second-order valence-electron chi connectivity index (χ2n) is 8.40. The minimum absolute atomic E-state index is 0.0571. The van der Waals surface area contributed by atoms with E-state index in [0.717, 1.165) is 0 Å². The van der Waals surface area contributed by atoms with Crippen molar-refractivity contribution in [2.45, 2.75) is 36.6 Å². The van der Waals surface area contributed by atoms with Gasteiger partial charge in [-0.05, 0) is 17.7 Å². The van der Waals surface area contributed by atoms with Crippen molar-refractivity contribution in [1.82, 2.24) is 15.2 Å². The molecule has 0 saturated carbocycles. The van der Waals surface area contributed by atoms with Crippen LogP contribution in [-0.4, -0.2) is 61.5 Å². The molecular weight excluding hydrogens is 514 g/mol. The van der Waals surface area contributed by atoms with Crippen molar-refractivity contribution >= 4 is 57.7 Å². The van der Waals surface area contributed by atoms with Crippen molar-refractivity contribution in [1.29, 1.82) is 0 Å². The summed E-state index contributed by atoms with van der Waals surface area (Å²) < 4.78 is 10.9. The zero-order valence-electron chi connectivity index (χ0n) is 18.4. The van der Waals surface area contributed by atoms with Crippen LogP contribution in [-0.2, 0) is 41.7 Å². The van der Waals surface area contributed by atoms with Gasteiger partial charge in [-0.25, -0.2) is 9.78 Å². The number of aromatic nitrogens is 1. The highest BCUT2D eigenvalue weighted by atomic mass is 32.2. The number of benzene rings is 1. The van der Waals surface area contributed by atoms with Crippen LogP contribution in [0, 0.1) is 16.0 Å². The Morgan fingerprint density at radius 3 is 2.75 bits per heavy atom. The number of non-ortho nitro benzene ring substituents is 1. The highest BCUT2D eigenvalue weighted by Crippen LogP contribution is 2.51. The molecule has 2 amide bonds. The van der Waals surface area contributed by atoms with E-state index < -0.39 is 51.7 Å². The number of nitro groups is 1. The molecule has 3 fully saturated rings. The van der Waals surface area contributed by atoms with Gasteiger partial charge in [0.2, 0.25) is 5.91 Å². The molecule has 4 atom stereocenters. The maximum absolute atomic E-state index is 13.3. The Bertz CT molecular complexity index is 1270. The SMILES string of the molecule is Nc1nc(CC(=O)N[C@@H]2C(=O)N3[C@@H]2SC[C@@H]2CC(=O)O[C@@]23C(=O)OCc2ccc([N+](=O)[O-])cc2)cs1. The fourth-order valence-corrected chi connectivity index (χ4v) is 6.58. The number of thiazole rings is 1. The number of rotatable bonds is 7. The Kier molecular flexibility index (Phi) is 6.04. The Labute approximate surface area is 211 Å². The number of nitrogens with one attached hydrogen (secondary N) is 1. The van der Waals surface area contributed by atoms with Gasteiger partial charge >= 0.3 is 11.9 Å². The van der Waals surface area contributed by atoms with E-state index in [1.807, 2.05) is 0 Å². The first-order valence-electron chi connectivity index (χ1n) is 10.8. The molecule has 15 heteroatoms. The summed E-state index contributed by atoms with van der Waals surface area (Å²) in [5.41, 5.74) is 4.51. The van der Waals surface area contributed by atoms with Crippen molar-refractivity contribution in [3.63, 3.8) is 0 Å². The maximum atomic E-state index is 13.3. The van der Waals surface area contributed by atoms with E-state index in [2.05, 4.69) is 10.3 Å². The van der Waals surface area contributed by atoms with Gasteiger partial charge in [-0.1, -0.05) is 0 Å². The molecule has 2 aromatic rings. The minimum atomic E-state index is -1.92. The number of nitrogens with zero attached hydrogens (tertiary/aromatic N) is 3. The number of esters is 2. The predicted octanol–water partition coefficient (Wildman–Crippen LogP) is 0.579. The first-order valence-corrected chi connectivity index (χ1v) is 12.7. The molecule has 1 aromatic heterocycles. The second-order valence-corrected chi connectivity index (χ2v) is 10.4. The van der Waals surface area contributed by atoms with E-state index in [9.17, 15) is 29.3 Å². The van der Waals surface area contributed by atoms with Gasteiger partial charge in [0.1, 0.15) is 18.0 Å². The quantitative estimate of drug-likeness (QED) is 0.220. The highest BCUT2D eigenvalue weighted by Gasteiger charge is 2.71. The molecular formula is C21H19N5O8S2. The summed E-state index contributed by atoms with van der Waals surface area (Å²) in [6, 6.07) is 4.53. The molecule has 0 unspecified atom stereocenters. The van der Waals surface area contributed by atoms with E-state index in [1.54, 1.807) is 5.38 Å². The molecule has 5 rings (SSSR count). The number of nitrogens with two attached hydrogens (primary N) is 1. The third kappa shape index (κ3) is 4.03. The number of β-lactam (4-membered cyclic amide) rings is 1. The zero-order chi connectivity index (χ0) is 25.6. The third-order valence-corrected chi connectivity index (χ3v) is 8.28. The zero-order valence-corrected chi connectivity index (χ0v) is 20.1. The summed E-state index contributed by atoms with van der Waals surface area (Å²) in [7, 11) is 0. The van der Waals surface area contributed by atoms with Crippen molar-refractivity contribution in [3.8, 4) is 0 Å². The van der Waals surface area contributed by atoms with Crippen LogP contribution in [0.2, 0.25) is 0 Å². The lowest BCUT2D eigenvalue weighted by Gasteiger charge is -2.56. The summed E-state index contributed by atoms with van der Waals surface area (Å²) in [6.07, 6.45) is -0.118. The number of carbonyl (C=O) groups is 4. The summed E-state index contributed by atoms with van der Waals surface area (Å²) in [5.74, 6) is -2.81. The molecule has 13 nitrogen and oxygen atoms in total. The molecule has 3 aliphatic heterocycles. The van der Waals surface area contributed by atoms with Crippen molar-refractivity contribution in [2.24, 2.45) is 5.92 Å². The lowest BCUT2D eigenvalue weighted by atomic mass is 9.89. The van der Waals surface area contributed by atoms with E-state index in [4.69, 9.17) is 15.2 Å². The summed E-state index contributed by atoms with van der Waals surface area (Å²) in [4.78, 5) is 66.6. The number of hydrogen-bond acceptors (Lipinski definition) is 12. The average molecular weight is 534 g/mol. The van der Waals surface area contributed by atoms with Crippen molar-refractivity contribution < 1.29 is 33.6 Å². The van der Waals surface area contributed by atoms with Gasteiger partial charge in [0.25, 0.3) is 17.3 Å². The van der Waals surface area contributed by atoms with Crippen LogP contribution in [0.3, 0.4) is 0 Å². The number of nitrogen functional groups attached to an aromatic ring is 1. The van der Waals surface area contributed by atoms with Gasteiger partial charge < -0.3 is 20.5 Å². The Morgan fingerprint density at radius 1 is 1.33 bits per heavy atom. The fraction of sp³-hybridized carbons (Fsp3) is 0.381. The maximum Gasteiger partial charge on any atom is 0.373 e. The minimum Gasteiger partial charge on any atom is -0.456 e. The monoisotopic (exact) mass is 533 g/mol. The smallest absolute Gasteiger partial charge is 0.373 e. The molecule has 3 N–H and O–H groups in total. The molecule has 3 aliphatic rings. The van der Waals surface area contributed by atoms with Crippen molar-refractivity contribution in [3.05, 3.63) is 51.0 Å². The average Bonchev–Trinajstić information content (AvgIpc) is 3.41. The second kappa shape index (κ2) is 9.05. The number of amides is 2. The number of ether oxygens (including phenoxy) is 2. The molecule has 3 saturated heterocycles. The van der Waals surface area contributed by atoms with E-state index in [0.29, 0.717) is 22.1 Å². The summed E-state index contributed by atoms with van der Waals surface area (Å²) in [5, 5.41) is 14.8. The van der Waals surface area contributed by atoms with Crippen LogP contribution in [0.4, 0.5) is 10.8 Å².